The zero-order valence-corrected chi connectivity index (χ0v) is 13.3. The first kappa shape index (κ1) is 17.3. The molecule has 0 heterocycles. The Bertz CT molecular complexity index is 507. The van der Waals surface area contributed by atoms with Crippen molar-refractivity contribution in [3.63, 3.8) is 0 Å². The molecule has 116 valence electrons. The first-order valence-electron chi connectivity index (χ1n) is 6.78. The smallest absolute Gasteiger partial charge is 0.319 e. The summed E-state index contributed by atoms with van der Waals surface area (Å²) in [6.07, 6.45) is 0.502. The Morgan fingerprint density at radius 1 is 1.33 bits per heavy atom. The molecule has 0 radical (unpaired) electrons. The van der Waals surface area contributed by atoms with Gasteiger partial charge in [-0.05, 0) is 31.0 Å². The van der Waals surface area contributed by atoms with Crippen LogP contribution in [0, 0.1) is 0 Å². The van der Waals surface area contributed by atoms with E-state index in [-0.39, 0.29) is 18.5 Å². The number of hydrogen-bond acceptors (Lipinski definition) is 2. The maximum Gasteiger partial charge on any atom is 0.319 e. The van der Waals surface area contributed by atoms with Crippen molar-refractivity contribution in [2.75, 3.05) is 20.6 Å². The molecule has 0 aliphatic rings. The van der Waals surface area contributed by atoms with Crippen molar-refractivity contribution in [1.82, 2.24) is 9.80 Å². The molecule has 1 unspecified atom stereocenters. The average molecular weight is 313 g/mol. The number of nitrogens with zero attached hydrogens (tertiary/aromatic N) is 2. The number of aliphatic carboxylic acids is 1. The Morgan fingerprint density at radius 3 is 2.57 bits per heavy atom. The minimum Gasteiger partial charge on any atom is -0.481 e. The molecule has 0 bridgehead atoms. The second-order valence-corrected chi connectivity index (χ2v) is 5.48. The van der Waals surface area contributed by atoms with Crippen LogP contribution in [0.4, 0.5) is 4.79 Å². The maximum atomic E-state index is 12.3. The van der Waals surface area contributed by atoms with Crippen molar-refractivity contribution in [1.29, 1.82) is 0 Å². The maximum absolute atomic E-state index is 12.3. The topological polar surface area (TPSA) is 60.9 Å². The largest absolute Gasteiger partial charge is 0.481 e. The van der Waals surface area contributed by atoms with Gasteiger partial charge >= 0.3 is 12.0 Å². The third-order valence-electron chi connectivity index (χ3n) is 3.42. The van der Waals surface area contributed by atoms with Gasteiger partial charge in [0.1, 0.15) is 0 Å². The molecule has 6 heteroatoms. The Kier molecular flexibility index (Phi) is 6.49. The van der Waals surface area contributed by atoms with Gasteiger partial charge in [0.05, 0.1) is 6.04 Å². The Morgan fingerprint density at radius 2 is 2.00 bits per heavy atom. The number of rotatable bonds is 6. The molecular weight excluding hydrogens is 292 g/mol. The Balaban J connectivity index is 2.62. The van der Waals surface area contributed by atoms with Gasteiger partial charge in [-0.15, -0.1) is 0 Å². The molecule has 5 nitrogen and oxygen atoms in total. The molecule has 0 fully saturated rings. The lowest BCUT2D eigenvalue weighted by molar-refractivity contribution is -0.137. The molecule has 1 atom stereocenters. The summed E-state index contributed by atoms with van der Waals surface area (Å²) < 4.78 is 0. The highest BCUT2D eigenvalue weighted by atomic mass is 35.5. The predicted molar refractivity (Wildman–Crippen MR) is 82.5 cm³/mol. The van der Waals surface area contributed by atoms with Crippen molar-refractivity contribution >= 4 is 23.6 Å². The van der Waals surface area contributed by atoms with E-state index in [9.17, 15) is 9.59 Å². The summed E-state index contributed by atoms with van der Waals surface area (Å²) in [6.45, 7) is 2.34. The lowest BCUT2D eigenvalue weighted by Gasteiger charge is -2.30. The summed E-state index contributed by atoms with van der Waals surface area (Å²) in [5, 5.41) is 9.24. The SMILES string of the molecule is CC(c1cccc(Cl)c1)N(C)C(=O)N(C)CCCC(=O)O. The summed E-state index contributed by atoms with van der Waals surface area (Å²) in [4.78, 5) is 25.9. The van der Waals surface area contributed by atoms with Crippen LogP contribution in [0.3, 0.4) is 0 Å². The van der Waals surface area contributed by atoms with E-state index in [1.807, 2.05) is 25.1 Å². The highest BCUT2D eigenvalue weighted by molar-refractivity contribution is 6.30. The number of amides is 2. The number of carboxylic acids is 1. The highest BCUT2D eigenvalue weighted by Gasteiger charge is 2.20. The third kappa shape index (κ3) is 5.27. The molecule has 0 saturated heterocycles. The van der Waals surface area contributed by atoms with Crippen molar-refractivity contribution in [3.05, 3.63) is 34.9 Å². The summed E-state index contributed by atoms with van der Waals surface area (Å²) in [5.74, 6) is -0.850. The van der Waals surface area contributed by atoms with Gasteiger partial charge in [0.2, 0.25) is 0 Å². The standard InChI is InChI=1S/C15H21ClN2O3/c1-11(12-6-4-7-13(16)10-12)18(3)15(21)17(2)9-5-8-14(19)20/h4,6-7,10-11H,5,8-9H2,1-3H3,(H,19,20). The summed E-state index contributed by atoms with van der Waals surface area (Å²) in [5.41, 5.74) is 0.956. The van der Waals surface area contributed by atoms with Crippen LogP contribution in [0.1, 0.15) is 31.4 Å². The van der Waals surface area contributed by atoms with Crippen LogP contribution in [-0.2, 0) is 4.79 Å². The molecule has 2 amide bonds. The minimum absolute atomic E-state index is 0.0607. The van der Waals surface area contributed by atoms with E-state index in [1.165, 1.54) is 4.90 Å². The van der Waals surface area contributed by atoms with Crippen molar-refractivity contribution < 1.29 is 14.7 Å². The van der Waals surface area contributed by atoms with E-state index in [1.54, 1.807) is 25.1 Å². The van der Waals surface area contributed by atoms with Crippen LogP contribution in [0.15, 0.2) is 24.3 Å². The number of halogens is 1. The van der Waals surface area contributed by atoms with E-state index in [4.69, 9.17) is 16.7 Å². The zero-order valence-electron chi connectivity index (χ0n) is 12.5. The third-order valence-corrected chi connectivity index (χ3v) is 3.66. The molecule has 21 heavy (non-hydrogen) atoms. The van der Waals surface area contributed by atoms with Crippen LogP contribution in [0.5, 0.6) is 0 Å². The molecular formula is C15H21ClN2O3. The van der Waals surface area contributed by atoms with Gasteiger partial charge in [-0.1, -0.05) is 23.7 Å². The monoisotopic (exact) mass is 312 g/mol. The number of carboxylic acid groups (broad SMARTS) is 1. The fraction of sp³-hybridized carbons (Fsp3) is 0.467. The van der Waals surface area contributed by atoms with Gasteiger partial charge in [0.25, 0.3) is 0 Å². The number of benzene rings is 1. The molecule has 1 aromatic rings. The van der Waals surface area contributed by atoms with Crippen LogP contribution in [0.25, 0.3) is 0 Å². The van der Waals surface area contributed by atoms with E-state index >= 15 is 0 Å². The predicted octanol–water partition coefficient (Wildman–Crippen LogP) is 3.25. The fourth-order valence-electron chi connectivity index (χ4n) is 1.99. The molecule has 1 rings (SSSR count). The van der Waals surface area contributed by atoms with E-state index in [0.717, 1.165) is 5.56 Å². The van der Waals surface area contributed by atoms with Crippen LogP contribution in [0.2, 0.25) is 5.02 Å². The van der Waals surface area contributed by atoms with Gasteiger partial charge in [0.15, 0.2) is 0 Å². The quantitative estimate of drug-likeness (QED) is 0.877. The van der Waals surface area contributed by atoms with Crippen LogP contribution >= 0.6 is 11.6 Å². The fourth-order valence-corrected chi connectivity index (χ4v) is 2.19. The lowest BCUT2D eigenvalue weighted by atomic mass is 10.1. The summed E-state index contributed by atoms with van der Waals surface area (Å²) in [7, 11) is 3.40. The van der Waals surface area contributed by atoms with E-state index in [2.05, 4.69) is 0 Å². The van der Waals surface area contributed by atoms with Crippen LogP contribution in [-0.4, -0.2) is 47.5 Å². The van der Waals surface area contributed by atoms with Gasteiger partial charge in [-0.2, -0.15) is 0 Å². The summed E-state index contributed by atoms with van der Waals surface area (Å²) in [6, 6.07) is 7.14. The zero-order chi connectivity index (χ0) is 16.0. The Hall–Kier alpha value is -1.75. The van der Waals surface area contributed by atoms with E-state index in [0.29, 0.717) is 18.0 Å². The normalized spacial score (nSPS) is 11.8. The van der Waals surface area contributed by atoms with Crippen molar-refractivity contribution in [2.24, 2.45) is 0 Å². The molecule has 1 aromatic carbocycles. The van der Waals surface area contributed by atoms with Gasteiger partial charge in [-0.25, -0.2) is 4.79 Å². The second-order valence-electron chi connectivity index (χ2n) is 5.04. The Labute approximate surface area is 130 Å². The van der Waals surface area contributed by atoms with Crippen molar-refractivity contribution in [2.45, 2.75) is 25.8 Å². The molecule has 0 aliphatic carbocycles. The average Bonchev–Trinajstić information content (AvgIpc) is 2.44. The first-order valence-corrected chi connectivity index (χ1v) is 7.16. The number of carbonyl (C=O) groups excluding carboxylic acids is 1. The van der Waals surface area contributed by atoms with Gasteiger partial charge < -0.3 is 14.9 Å². The number of carbonyl (C=O) groups is 2. The first-order chi connectivity index (χ1) is 9.82. The number of urea groups is 1. The minimum atomic E-state index is -0.850. The molecule has 0 aromatic heterocycles. The van der Waals surface area contributed by atoms with Gasteiger partial charge in [-0.3, -0.25) is 4.79 Å². The molecule has 0 saturated carbocycles. The summed E-state index contributed by atoms with van der Waals surface area (Å²) >= 11 is 5.96. The van der Waals surface area contributed by atoms with E-state index < -0.39 is 5.97 Å². The van der Waals surface area contributed by atoms with Gasteiger partial charge in [0, 0.05) is 32.1 Å². The van der Waals surface area contributed by atoms with Crippen molar-refractivity contribution in [3.8, 4) is 0 Å². The molecule has 0 spiro atoms. The highest BCUT2D eigenvalue weighted by Crippen LogP contribution is 2.22. The lowest BCUT2D eigenvalue weighted by Crippen LogP contribution is -2.40. The molecule has 1 N–H and O–H groups in total. The molecule has 0 aliphatic heterocycles. The number of hydrogen-bond donors (Lipinski definition) is 1. The second kappa shape index (κ2) is 7.88. The van der Waals surface area contributed by atoms with Crippen LogP contribution < -0.4 is 0 Å².